The number of rotatable bonds is 10. The second-order valence-electron chi connectivity index (χ2n) is 9.12. The Morgan fingerprint density at radius 2 is 1.82 bits per heavy atom. The average molecular weight is 519 g/mol. The summed E-state index contributed by atoms with van der Waals surface area (Å²) in [6.07, 6.45) is 0.818. The number of nitrogens with one attached hydrogen (secondary N) is 3. The Morgan fingerprint density at radius 1 is 1.05 bits per heavy atom. The molecule has 9 nitrogen and oxygen atoms in total. The number of carbonyl (C=O) groups is 2. The Bertz CT molecular complexity index is 1330. The summed E-state index contributed by atoms with van der Waals surface area (Å²) < 4.78 is 11.7. The van der Waals surface area contributed by atoms with Crippen LogP contribution in [0.4, 0.5) is 17.1 Å². The van der Waals surface area contributed by atoms with E-state index in [0.717, 1.165) is 23.2 Å². The number of para-hydroxylation sites is 1. The maximum absolute atomic E-state index is 13.5. The Hall–Kier alpha value is -4.08. The van der Waals surface area contributed by atoms with E-state index in [9.17, 15) is 14.7 Å². The molecule has 0 fully saturated rings. The number of likely N-dealkylation sites (N-methyl/N-ethyl adjacent to an activating group) is 1. The highest BCUT2D eigenvalue weighted by atomic mass is 16.5. The lowest BCUT2D eigenvalue weighted by molar-refractivity contribution is -0.117. The first-order valence-corrected chi connectivity index (χ1v) is 12.5. The quantitative estimate of drug-likeness (QED) is 0.325. The van der Waals surface area contributed by atoms with Crippen LogP contribution in [0.5, 0.6) is 11.5 Å². The van der Waals surface area contributed by atoms with Crippen LogP contribution in [0, 0.1) is 0 Å². The molecule has 3 aromatic rings. The maximum atomic E-state index is 13.5. The van der Waals surface area contributed by atoms with E-state index in [0.29, 0.717) is 40.5 Å². The smallest absolute Gasteiger partial charge is 0.260 e. The van der Waals surface area contributed by atoms with Gasteiger partial charge in [0.15, 0.2) is 11.5 Å². The van der Waals surface area contributed by atoms with Gasteiger partial charge >= 0.3 is 0 Å². The molecule has 4 rings (SSSR count). The lowest BCUT2D eigenvalue weighted by Gasteiger charge is -2.21. The van der Waals surface area contributed by atoms with Gasteiger partial charge < -0.3 is 35.4 Å². The molecule has 2 amide bonds. The number of hydrogen-bond donors (Lipinski definition) is 4. The van der Waals surface area contributed by atoms with Crippen LogP contribution in [-0.4, -0.2) is 50.7 Å². The summed E-state index contributed by atoms with van der Waals surface area (Å²) in [7, 11) is 5.00. The number of carbonyl (C=O) groups excluding carboxylic acids is 2. The molecule has 1 atom stereocenters. The molecule has 0 spiro atoms. The van der Waals surface area contributed by atoms with Crippen molar-refractivity contribution in [2.24, 2.45) is 0 Å². The monoisotopic (exact) mass is 518 g/mol. The fourth-order valence-electron chi connectivity index (χ4n) is 4.46. The first-order valence-electron chi connectivity index (χ1n) is 12.5. The molecule has 200 valence electrons. The van der Waals surface area contributed by atoms with Crippen LogP contribution >= 0.6 is 0 Å². The van der Waals surface area contributed by atoms with E-state index in [4.69, 9.17) is 9.47 Å². The first kappa shape index (κ1) is 27.0. The third-order valence-corrected chi connectivity index (χ3v) is 6.66. The highest BCUT2D eigenvalue weighted by Gasteiger charge is 2.28. The van der Waals surface area contributed by atoms with Crippen LogP contribution in [0.3, 0.4) is 0 Å². The molecule has 0 bridgehead atoms. The number of nitrogens with zero attached hydrogens (tertiary/aromatic N) is 1. The molecule has 1 aliphatic heterocycles. The molecular weight excluding hydrogens is 484 g/mol. The van der Waals surface area contributed by atoms with Crippen LogP contribution in [0.25, 0.3) is 0 Å². The Morgan fingerprint density at radius 3 is 2.53 bits per heavy atom. The molecule has 4 N–H and O–H groups in total. The molecular formula is C29H34N4O5. The van der Waals surface area contributed by atoms with Crippen molar-refractivity contribution in [1.29, 1.82) is 0 Å². The van der Waals surface area contributed by atoms with Gasteiger partial charge in [-0.25, -0.2) is 0 Å². The maximum Gasteiger partial charge on any atom is 0.260 e. The fraction of sp³-hybridized carbons (Fsp3) is 0.310. The zero-order valence-corrected chi connectivity index (χ0v) is 22.1. The highest BCUT2D eigenvalue weighted by molar-refractivity contribution is 6.11. The van der Waals surface area contributed by atoms with Crippen LogP contribution < -0.4 is 30.3 Å². The van der Waals surface area contributed by atoms with E-state index < -0.39 is 0 Å². The number of aliphatic hydroxyl groups is 1. The lowest BCUT2D eigenvalue weighted by atomic mass is 10.1. The van der Waals surface area contributed by atoms with Crippen molar-refractivity contribution in [2.45, 2.75) is 32.6 Å². The number of fused-ring (bicyclic) bond motifs is 1. The van der Waals surface area contributed by atoms with Gasteiger partial charge in [-0.3, -0.25) is 9.59 Å². The summed E-state index contributed by atoms with van der Waals surface area (Å²) in [6, 6.07) is 16.3. The van der Waals surface area contributed by atoms with Crippen LogP contribution in [-0.2, 0) is 24.4 Å². The summed E-state index contributed by atoms with van der Waals surface area (Å²) in [6.45, 7) is 2.36. The predicted molar refractivity (Wildman–Crippen MR) is 148 cm³/mol. The van der Waals surface area contributed by atoms with E-state index in [1.807, 2.05) is 30.3 Å². The van der Waals surface area contributed by atoms with Gasteiger partial charge in [0.1, 0.15) is 6.61 Å². The topological polar surface area (TPSA) is 112 Å². The minimum atomic E-state index is -0.369. The van der Waals surface area contributed by atoms with Crippen molar-refractivity contribution < 1.29 is 24.2 Å². The third kappa shape index (κ3) is 5.74. The zero-order valence-electron chi connectivity index (χ0n) is 22.1. The Balaban J connectivity index is 1.57. The van der Waals surface area contributed by atoms with E-state index in [1.54, 1.807) is 50.2 Å². The van der Waals surface area contributed by atoms with E-state index in [2.05, 4.69) is 16.0 Å². The van der Waals surface area contributed by atoms with E-state index in [-0.39, 0.29) is 31.1 Å². The molecule has 0 saturated heterocycles. The third-order valence-electron chi connectivity index (χ3n) is 6.66. The predicted octanol–water partition coefficient (Wildman–Crippen LogP) is 3.56. The van der Waals surface area contributed by atoms with Gasteiger partial charge in [-0.15, -0.1) is 0 Å². The molecule has 38 heavy (non-hydrogen) atoms. The molecule has 0 saturated carbocycles. The average Bonchev–Trinajstić information content (AvgIpc) is 3.38. The molecule has 9 heteroatoms. The summed E-state index contributed by atoms with van der Waals surface area (Å²) in [5, 5.41) is 18.6. The molecule has 0 aliphatic carbocycles. The largest absolute Gasteiger partial charge is 0.493 e. The van der Waals surface area contributed by atoms with Gasteiger partial charge in [-0.1, -0.05) is 18.2 Å². The second-order valence-corrected chi connectivity index (χ2v) is 9.12. The summed E-state index contributed by atoms with van der Waals surface area (Å²) >= 11 is 0. The Kier molecular flexibility index (Phi) is 8.50. The van der Waals surface area contributed by atoms with Crippen molar-refractivity contribution in [3.05, 3.63) is 76.9 Å². The van der Waals surface area contributed by atoms with Gasteiger partial charge in [0, 0.05) is 31.0 Å². The van der Waals surface area contributed by atoms with E-state index in [1.165, 1.54) is 7.11 Å². The summed E-state index contributed by atoms with van der Waals surface area (Å²) in [4.78, 5) is 27.6. The number of amides is 2. The van der Waals surface area contributed by atoms with Crippen molar-refractivity contribution >= 4 is 28.9 Å². The minimum absolute atomic E-state index is 0.115. The SMILES string of the molecule is CNc1cc(OCc2cc(CO)cc(NC(=O)C(C)NC)c2)c(OC)cc1C(=O)N1CCc2ccccc21. The molecule has 0 aromatic heterocycles. The number of anilines is 3. The summed E-state index contributed by atoms with van der Waals surface area (Å²) in [5.41, 5.74) is 5.15. The van der Waals surface area contributed by atoms with Crippen molar-refractivity contribution in [2.75, 3.05) is 43.3 Å². The first-order chi connectivity index (χ1) is 18.4. The number of aliphatic hydroxyl groups excluding tert-OH is 1. The standard InChI is InChI=1S/C29H34N4O5/c1-18(30-2)28(35)32-22-12-19(16-34)11-20(13-22)17-38-27-15-24(31-3)23(14-26(27)37-4)29(36)33-10-9-21-7-5-6-8-25(21)33/h5-8,11-15,18,30-31,34H,9-10,16-17H2,1-4H3,(H,32,35). The van der Waals surface area contributed by atoms with Gasteiger partial charge in [-0.2, -0.15) is 0 Å². The van der Waals surface area contributed by atoms with Crippen LogP contribution in [0.15, 0.2) is 54.6 Å². The zero-order chi connectivity index (χ0) is 27.2. The van der Waals surface area contributed by atoms with Gasteiger partial charge in [-0.05, 0) is 67.4 Å². The second kappa shape index (κ2) is 12.0. The number of methoxy groups -OCH3 is 1. The normalized spacial score (nSPS) is 13.0. The molecule has 3 aromatic carbocycles. The van der Waals surface area contributed by atoms with Crippen LogP contribution in [0.1, 0.15) is 34.0 Å². The molecule has 1 unspecified atom stereocenters. The van der Waals surface area contributed by atoms with Crippen molar-refractivity contribution in [3.8, 4) is 11.5 Å². The number of benzene rings is 3. The van der Waals surface area contributed by atoms with Crippen LogP contribution in [0.2, 0.25) is 0 Å². The number of hydrogen-bond acceptors (Lipinski definition) is 7. The minimum Gasteiger partial charge on any atom is -0.493 e. The van der Waals surface area contributed by atoms with E-state index >= 15 is 0 Å². The summed E-state index contributed by atoms with van der Waals surface area (Å²) in [5.74, 6) is 0.583. The van der Waals surface area contributed by atoms with Crippen molar-refractivity contribution in [3.63, 3.8) is 0 Å². The number of ether oxygens (including phenoxy) is 2. The van der Waals surface area contributed by atoms with Gasteiger partial charge in [0.05, 0.1) is 31.0 Å². The van der Waals surface area contributed by atoms with Gasteiger partial charge in [0.25, 0.3) is 5.91 Å². The Labute approximate surface area is 222 Å². The fourth-order valence-corrected chi connectivity index (χ4v) is 4.46. The molecule has 1 aliphatic rings. The van der Waals surface area contributed by atoms with Crippen molar-refractivity contribution in [1.82, 2.24) is 5.32 Å². The van der Waals surface area contributed by atoms with Gasteiger partial charge in [0.2, 0.25) is 5.91 Å². The highest BCUT2D eigenvalue weighted by Crippen LogP contribution is 2.37. The molecule has 0 radical (unpaired) electrons. The molecule has 1 heterocycles. The lowest BCUT2D eigenvalue weighted by Crippen LogP contribution is -2.35.